The second kappa shape index (κ2) is 7.10. The van der Waals surface area contributed by atoms with Crippen molar-refractivity contribution in [3.05, 3.63) is 47.7 Å². The van der Waals surface area contributed by atoms with Gasteiger partial charge in [-0.05, 0) is 30.2 Å². The van der Waals surface area contributed by atoms with E-state index in [1.807, 2.05) is 12.1 Å². The third kappa shape index (κ3) is 3.86. The summed E-state index contributed by atoms with van der Waals surface area (Å²) in [5.41, 5.74) is 2.07. The highest BCUT2D eigenvalue weighted by atomic mass is 32.2. The Morgan fingerprint density at radius 2 is 2.14 bits per heavy atom. The van der Waals surface area contributed by atoms with Crippen LogP contribution in [-0.4, -0.2) is 21.8 Å². The minimum absolute atomic E-state index is 0.182. The van der Waals surface area contributed by atoms with Crippen molar-refractivity contribution in [3.63, 3.8) is 0 Å². The Morgan fingerprint density at radius 3 is 2.77 bits per heavy atom. The van der Waals surface area contributed by atoms with Crippen molar-refractivity contribution in [1.82, 2.24) is 4.98 Å². The standard InChI is InChI=1S/C17H16N2O2S/c1-11(2)10-22-16-4-3-12(7-14(16)9-18)15-8-13(17(20)21)5-6-19-15/h3-8,11H,10H2,1-2H3,(H,20,21). The maximum Gasteiger partial charge on any atom is 0.335 e. The molecule has 112 valence electrons. The van der Waals surface area contributed by atoms with Gasteiger partial charge in [-0.2, -0.15) is 5.26 Å². The normalized spacial score (nSPS) is 10.5. The highest BCUT2D eigenvalue weighted by Crippen LogP contribution is 2.28. The van der Waals surface area contributed by atoms with Gasteiger partial charge in [-0.25, -0.2) is 4.79 Å². The number of carboxylic acid groups (broad SMARTS) is 1. The van der Waals surface area contributed by atoms with Crippen molar-refractivity contribution >= 4 is 17.7 Å². The average Bonchev–Trinajstić information content (AvgIpc) is 2.52. The number of carboxylic acids is 1. The van der Waals surface area contributed by atoms with Crippen LogP contribution in [0.2, 0.25) is 0 Å². The summed E-state index contributed by atoms with van der Waals surface area (Å²) < 4.78 is 0. The van der Waals surface area contributed by atoms with Crippen molar-refractivity contribution in [2.45, 2.75) is 18.7 Å². The molecule has 0 amide bonds. The van der Waals surface area contributed by atoms with Gasteiger partial charge in [-0.3, -0.25) is 4.98 Å². The van der Waals surface area contributed by atoms with Crippen LogP contribution in [0.5, 0.6) is 0 Å². The predicted octanol–water partition coefficient (Wildman–Crippen LogP) is 4.07. The first kappa shape index (κ1) is 16.1. The molecular weight excluding hydrogens is 296 g/mol. The number of aromatic nitrogens is 1. The summed E-state index contributed by atoms with van der Waals surface area (Å²) >= 11 is 1.65. The van der Waals surface area contributed by atoms with Gasteiger partial charge in [0.2, 0.25) is 0 Å². The molecule has 4 nitrogen and oxygen atoms in total. The Balaban J connectivity index is 2.35. The molecule has 0 aliphatic rings. The molecule has 0 spiro atoms. The zero-order valence-corrected chi connectivity index (χ0v) is 13.2. The van der Waals surface area contributed by atoms with E-state index in [0.29, 0.717) is 17.2 Å². The largest absolute Gasteiger partial charge is 0.478 e. The highest BCUT2D eigenvalue weighted by Gasteiger charge is 2.10. The van der Waals surface area contributed by atoms with Gasteiger partial charge in [0.1, 0.15) is 6.07 Å². The van der Waals surface area contributed by atoms with E-state index in [1.54, 1.807) is 17.8 Å². The molecule has 5 heteroatoms. The van der Waals surface area contributed by atoms with E-state index in [9.17, 15) is 10.1 Å². The molecule has 0 atom stereocenters. The number of benzene rings is 1. The molecule has 0 radical (unpaired) electrons. The number of nitrogens with zero attached hydrogens (tertiary/aromatic N) is 2. The van der Waals surface area contributed by atoms with Crippen molar-refractivity contribution in [2.24, 2.45) is 5.92 Å². The lowest BCUT2D eigenvalue weighted by molar-refractivity contribution is 0.0697. The van der Waals surface area contributed by atoms with Crippen LogP contribution in [0.15, 0.2) is 41.4 Å². The molecule has 0 saturated carbocycles. The van der Waals surface area contributed by atoms with Crippen molar-refractivity contribution in [1.29, 1.82) is 5.26 Å². The van der Waals surface area contributed by atoms with E-state index < -0.39 is 5.97 Å². The third-order valence-electron chi connectivity index (χ3n) is 2.97. The Bertz CT molecular complexity index is 736. The SMILES string of the molecule is CC(C)CSc1ccc(-c2cc(C(=O)O)ccn2)cc1C#N. The number of nitriles is 1. The summed E-state index contributed by atoms with van der Waals surface area (Å²) in [5.74, 6) is 0.499. The number of carbonyl (C=O) groups is 1. The first-order valence-electron chi connectivity index (χ1n) is 6.88. The van der Waals surface area contributed by atoms with Crippen LogP contribution in [0.1, 0.15) is 29.8 Å². The maximum atomic E-state index is 11.0. The molecule has 1 aromatic carbocycles. The molecule has 0 aliphatic carbocycles. The molecule has 0 fully saturated rings. The van der Waals surface area contributed by atoms with Gasteiger partial charge in [0, 0.05) is 22.4 Å². The highest BCUT2D eigenvalue weighted by molar-refractivity contribution is 7.99. The van der Waals surface area contributed by atoms with E-state index in [-0.39, 0.29) is 5.56 Å². The minimum atomic E-state index is -0.992. The van der Waals surface area contributed by atoms with Gasteiger partial charge in [-0.1, -0.05) is 19.9 Å². The Hall–Kier alpha value is -2.32. The van der Waals surface area contributed by atoms with Crippen LogP contribution < -0.4 is 0 Å². The molecule has 0 bridgehead atoms. The lowest BCUT2D eigenvalue weighted by Crippen LogP contribution is -1.97. The Labute approximate surface area is 133 Å². The molecule has 22 heavy (non-hydrogen) atoms. The molecule has 1 heterocycles. The van der Waals surface area contributed by atoms with Crippen LogP contribution in [0, 0.1) is 17.2 Å². The van der Waals surface area contributed by atoms with E-state index in [4.69, 9.17) is 5.11 Å². The molecular formula is C17H16N2O2S. The number of aromatic carboxylic acids is 1. The molecule has 1 aromatic heterocycles. The fraction of sp³-hybridized carbons (Fsp3) is 0.235. The molecule has 0 saturated heterocycles. The third-order valence-corrected chi connectivity index (χ3v) is 4.48. The minimum Gasteiger partial charge on any atom is -0.478 e. The molecule has 2 aromatic rings. The summed E-state index contributed by atoms with van der Waals surface area (Å²) in [6.07, 6.45) is 1.46. The second-order valence-electron chi connectivity index (χ2n) is 5.26. The smallest absolute Gasteiger partial charge is 0.335 e. The van der Waals surface area contributed by atoms with Crippen molar-refractivity contribution in [2.75, 3.05) is 5.75 Å². The van der Waals surface area contributed by atoms with E-state index in [1.165, 1.54) is 18.3 Å². The topological polar surface area (TPSA) is 74.0 Å². The van der Waals surface area contributed by atoms with Crippen LogP contribution in [0.25, 0.3) is 11.3 Å². The summed E-state index contributed by atoms with van der Waals surface area (Å²) in [5, 5.41) is 18.4. The van der Waals surface area contributed by atoms with Gasteiger partial charge in [0.15, 0.2) is 0 Å². The lowest BCUT2D eigenvalue weighted by atomic mass is 10.1. The van der Waals surface area contributed by atoms with Gasteiger partial charge in [-0.15, -0.1) is 11.8 Å². The van der Waals surface area contributed by atoms with Crippen molar-refractivity contribution in [3.8, 4) is 17.3 Å². The number of hydrogen-bond acceptors (Lipinski definition) is 4. The van der Waals surface area contributed by atoms with Gasteiger partial charge < -0.3 is 5.11 Å². The lowest BCUT2D eigenvalue weighted by Gasteiger charge is -2.08. The maximum absolute atomic E-state index is 11.0. The number of hydrogen-bond donors (Lipinski definition) is 1. The van der Waals surface area contributed by atoms with Gasteiger partial charge in [0.05, 0.1) is 16.8 Å². The van der Waals surface area contributed by atoms with E-state index in [0.717, 1.165) is 16.2 Å². The zero-order chi connectivity index (χ0) is 16.1. The van der Waals surface area contributed by atoms with Crippen LogP contribution in [0.4, 0.5) is 0 Å². The van der Waals surface area contributed by atoms with E-state index in [2.05, 4.69) is 24.9 Å². The van der Waals surface area contributed by atoms with Crippen molar-refractivity contribution < 1.29 is 9.90 Å². The summed E-state index contributed by atoms with van der Waals surface area (Å²) in [6, 6.07) is 10.7. The molecule has 2 rings (SSSR count). The van der Waals surface area contributed by atoms with Gasteiger partial charge >= 0.3 is 5.97 Å². The summed E-state index contributed by atoms with van der Waals surface area (Å²) in [4.78, 5) is 16.2. The second-order valence-corrected chi connectivity index (χ2v) is 6.32. The predicted molar refractivity (Wildman–Crippen MR) is 86.9 cm³/mol. The fourth-order valence-corrected chi connectivity index (χ4v) is 2.82. The number of thioether (sulfide) groups is 1. The molecule has 0 aliphatic heterocycles. The first-order valence-corrected chi connectivity index (χ1v) is 7.86. The summed E-state index contributed by atoms with van der Waals surface area (Å²) in [7, 11) is 0. The average molecular weight is 312 g/mol. The van der Waals surface area contributed by atoms with Crippen LogP contribution in [-0.2, 0) is 0 Å². The molecule has 0 unspecified atom stereocenters. The fourth-order valence-electron chi connectivity index (χ4n) is 1.88. The quantitative estimate of drug-likeness (QED) is 0.842. The van der Waals surface area contributed by atoms with Gasteiger partial charge in [0.25, 0.3) is 0 Å². The monoisotopic (exact) mass is 312 g/mol. The Morgan fingerprint density at radius 1 is 1.36 bits per heavy atom. The molecule has 1 N–H and O–H groups in total. The number of pyridine rings is 1. The zero-order valence-electron chi connectivity index (χ0n) is 12.4. The Kier molecular flexibility index (Phi) is 5.18. The van der Waals surface area contributed by atoms with E-state index >= 15 is 0 Å². The summed E-state index contributed by atoms with van der Waals surface area (Å²) in [6.45, 7) is 4.27. The first-order chi connectivity index (χ1) is 10.5. The van der Waals surface area contributed by atoms with Crippen LogP contribution in [0.3, 0.4) is 0 Å². The van der Waals surface area contributed by atoms with Crippen LogP contribution >= 0.6 is 11.8 Å². The number of rotatable bonds is 5.